The molecule has 1 aliphatic rings. The van der Waals surface area contributed by atoms with Gasteiger partial charge in [0.2, 0.25) is 6.79 Å². The van der Waals surface area contributed by atoms with Gasteiger partial charge in [-0.3, -0.25) is 4.79 Å². The maximum absolute atomic E-state index is 13.8. The van der Waals surface area contributed by atoms with E-state index in [4.69, 9.17) is 42.6 Å². The van der Waals surface area contributed by atoms with Crippen LogP contribution < -0.4 is 33.2 Å². The number of alkyl halides is 1. The summed E-state index contributed by atoms with van der Waals surface area (Å²) in [5.74, 6) is 7.85. The molecule has 10 rings (SSSR count). The summed E-state index contributed by atoms with van der Waals surface area (Å²) in [7, 11) is 3.34. The van der Waals surface area contributed by atoms with Gasteiger partial charge in [0.1, 0.15) is 52.5 Å². The number of hydrogen-bond acceptors (Lipinski definition) is 11. The molecule has 0 heterocycles. The van der Waals surface area contributed by atoms with Crippen LogP contribution in [0.1, 0.15) is 485 Å². The lowest BCUT2D eigenvalue weighted by Gasteiger charge is -2.23. The van der Waals surface area contributed by atoms with Crippen molar-refractivity contribution in [1.29, 1.82) is 5.26 Å². The van der Waals surface area contributed by atoms with Crippen LogP contribution in [0.2, 0.25) is 0 Å². The number of ether oxygens (including phenoxy) is 9. The highest BCUT2D eigenvalue weighted by Gasteiger charge is 2.25. The predicted molar refractivity (Wildman–Crippen MR) is 651 cm³/mol. The summed E-state index contributed by atoms with van der Waals surface area (Å²) in [5, 5.41) is 9.18. The molecule has 9 aromatic rings. The molecule has 0 bridgehead atoms. The summed E-state index contributed by atoms with van der Waals surface area (Å²) in [4.78, 5) is 10.7. The first-order valence-corrected chi connectivity index (χ1v) is 48.9. The van der Waals surface area contributed by atoms with Gasteiger partial charge in [0.05, 0.1) is 37.9 Å². The molecule has 0 amide bonds. The molecule has 9 aromatic carbocycles. The largest absolute Gasteiger partial charge is 0.497 e. The molecule has 0 aromatic heterocycles. The molecule has 145 heavy (non-hydrogen) atoms. The summed E-state index contributed by atoms with van der Waals surface area (Å²) in [6.45, 7) is 49.1. The van der Waals surface area contributed by atoms with Gasteiger partial charge in [-0.1, -0.05) is 441 Å². The summed E-state index contributed by atoms with van der Waals surface area (Å²) < 4.78 is 62.0. The number of carbonyl (C=O) groups excluding carboxylic acids is 1. The highest BCUT2D eigenvalue weighted by Crippen LogP contribution is 2.34. The summed E-state index contributed by atoms with van der Waals surface area (Å²) in [6, 6.07) is 78.0. The van der Waals surface area contributed by atoms with E-state index >= 15 is 0 Å². The lowest BCUT2D eigenvalue weighted by molar-refractivity contribution is -0.131. The van der Waals surface area contributed by atoms with Crippen LogP contribution in [0.15, 0.2) is 224 Å². The van der Waals surface area contributed by atoms with Crippen molar-refractivity contribution in [2.24, 2.45) is 0 Å². The molecular formula is C133H234FNO10. The van der Waals surface area contributed by atoms with Crippen molar-refractivity contribution in [3.8, 4) is 46.3 Å². The first-order valence-electron chi connectivity index (χ1n) is 48.9. The molecule has 0 N–H and O–H groups in total. The monoisotopic (exact) mass is 2020 g/mol. The van der Waals surface area contributed by atoms with E-state index in [0.29, 0.717) is 85.0 Å². The number of para-hydroxylation sites is 1. The molecule has 12 heteroatoms. The Morgan fingerprint density at radius 1 is 0.352 bits per heavy atom. The van der Waals surface area contributed by atoms with Crippen molar-refractivity contribution < 1.29 is 51.8 Å². The Morgan fingerprint density at radius 2 is 0.676 bits per heavy atom. The topological polar surface area (TPSA) is 124 Å². The highest BCUT2D eigenvalue weighted by molar-refractivity contribution is 5.69. The Kier molecular flexibility index (Phi) is 109. The van der Waals surface area contributed by atoms with E-state index in [1.807, 2.05) is 155 Å². The van der Waals surface area contributed by atoms with Crippen molar-refractivity contribution in [2.75, 3.05) is 47.6 Å². The third-order valence-corrected chi connectivity index (χ3v) is 25.3. The zero-order valence-corrected chi connectivity index (χ0v) is 84.5. The molecule has 1 aliphatic carbocycles. The molecule has 1 saturated carbocycles. The van der Waals surface area contributed by atoms with E-state index in [1.165, 1.54) is 173 Å². The quantitative estimate of drug-likeness (QED) is 0.0157. The molecule has 0 aliphatic heterocycles. The molecule has 11 nitrogen and oxygen atoms in total. The second-order valence-corrected chi connectivity index (χ2v) is 35.9. The van der Waals surface area contributed by atoms with Gasteiger partial charge in [0, 0.05) is 14.0 Å². The van der Waals surface area contributed by atoms with Crippen LogP contribution in [0, 0.1) is 11.3 Å². The van der Waals surface area contributed by atoms with Gasteiger partial charge in [-0.2, -0.15) is 5.26 Å². The summed E-state index contributed by atoms with van der Waals surface area (Å²) in [5.41, 5.74) is 12.1. The van der Waals surface area contributed by atoms with Crippen LogP contribution in [0.3, 0.4) is 0 Å². The van der Waals surface area contributed by atoms with Gasteiger partial charge in [0.25, 0.3) is 0 Å². The number of aryl methyl sites for hydroxylation is 2. The van der Waals surface area contributed by atoms with Gasteiger partial charge in [-0.05, 0) is 286 Å². The second kappa shape index (κ2) is 95.5. The molecule has 0 radical (unpaired) electrons. The van der Waals surface area contributed by atoms with Gasteiger partial charge in [-0.25, -0.2) is 4.39 Å². The summed E-state index contributed by atoms with van der Waals surface area (Å²) >= 11 is 0. The Hall–Kier alpha value is -9.41. The number of halogens is 1. The van der Waals surface area contributed by atoms with Crippen LogP contribution in [0.25, 0.3) is 0 Å². The van der Waals surface area contributed by atoms with Crippen molar-refractivity contribution >= 4 is 5.97 Å². The highest BCUT2D eigenvalue weighted by atomic mass is 19.1. The molecule has 0 saturated heterocycles. The van der Waals surface area contributed by atoms with E-state index in [2.05, 4.69) is 202 Å². The number of hydrogen-bond donors (Lipinski definition) is 0. The molecular weight excluding hydrogens is 1790 g/mol. The number of nitriles is 1. The number of carbonyl (C=O) groups is 1. The number of benzene rings is 9. The fraction of sp³-hybridized carbons (Fsp3) is 0.579. The maximum Gasteiger partial charge on any atom is 0.308 e. The average molecular weight is 2030 g/mol. The van der Waals surface area contributed by atoms with E-state index in [1.54, 1.807) is 33.3 Å². The average Bonchev–Trinajstić information content (AvgIpc) is 0.845. The minimum absolute atomic E-state index is 0. The zero-order valence-electron chi connectivity index (χ0n) is 84.5. The van der Waals surface area contributed by atoms with Crippen LogP contribution in [-0.2, 0) is 49.0 Å². The van der Waals surface area contributed by atoms with E-state index < -0.39 is 11.1 Å². The first kappa shape index (κ1) is 166. The summed E-state index contributed by atoms with van der Waals surface area (Å²) in [6.07, 6.45) is 28.4. The van der Waals surface area contributed by atoms with Crippen molar-refractivity contribution in [3.05, 3.63) is 280 Å². The number of methoxy groups -OCH3 is 2. The standard InChI is InChI=1S/C19H32.C17H26O2.C17H20O2.C15H24.C14H19NO2.C12H17FO.C12H16O2.C11H16O.16CH4/c1-5-7-8-9-10-11-12-17-13-15-18(16-14-17)19(3,4)6-2;2*1-3-14(2)15-9-11-17(12-10-15)19-13-18-16-7-5-4-6-8-16;1-5-7-8-13-9-11-14(12-10-13)15(3,4)6-2;1-4-14(2,11-15)12-5-7-13(8-6-12)17-10-9-16-3;1-4-12(3,13)10-6-8-11(9-7-10)14-5-2;1-4-9(2)11-5-7-12(8-6-11)14-10(3)13;1-4-9(2)10-5-7-11(12-3)8-6-10;;;;;;;;;;;;;;;;/h13-16H,5-12H2,1-4H3;9-12,14,16H,3-8,13H2,1-2H3;4-12,14H,3,13H2,1-2H3;9-12H,5-8H2,1-4H3;5-8H,4,9-10H2,1-3H3;6-9H,4-5H2,1-3H3;5-9H,4H2,1-3H3;5-9H,4H2,1-3H3;16*1H4. The third kappa shape index (κ3) is 67.2. The smallest absolute Gasteiger partial charge is 0.308 e. The normalized spacial score (nSPS) is 12.0. The Morgan fingerprint density at radius 3 is 1.01 bits per heavy atom. The molecule has 838 valence electrons. The zero-order chi connectivity index (χ0) is 95.3. The molecule has 6 unspecified atom stereocenters. The number of esters is 1. The van der Waals surface area contributed by atoms with E-state index in [-0.39, 0.29) is 132 Å². The van der Waals surface area contributed by atoms with Gasteiger partial charge in [-0.15, -0.1) is 0 Å². The molecule has 6 atom stereocenters. The van der Waals surface area contributed by atoms with Crippen molar-refractivity contribution in [1.82, 2.24) is 0 Å². The lowest BCUT2D eigenvalue weighted by Crippen LogP contribution is -2.19. The minimum atomic E-state index is -1.23. The molecule has 0 spiro atoms. The van der Waals surface area contributed by atoms with Crippen LogP contribution in [0.4, 0.5) is 4.39 Å². The second-order valence-electron chi connectivity index (χ2n) is 35.9. The Balaban J connectivity index is -0.000000111. The Labute approximate surface area is 902 Å². The maximum atomic E-state index is 13.8. The van der Waals surface area contributed by atoms with Crippen LogP contribution in [0.5, 0.6) is 40.2 Å². The number of rotatable bonds is 42. The first-order chi connectivity index (χ1) is 61.9. The van der Waals surface area contributed by atoms with Crippen molar-refractivity contribution in [2.45, 2.75) is 471 Å². The predicted octanol–water partition coefficient (Wildman–Crippen LogP) is 43.6. The Bertz CT molecular complexity index is 4310. The van der Waals surface area contributed by atoms with Crippen LogP contribution >= 0.6 is 0 Å². The van der Waals surface area contributed by atoms with E-state index in [9.17, 15) is 14.4 Å². The van der Waals surface area contributed by atoms with Crippen molar-refractivity contribution in [3.63, 3.8) is 0 Å². The van der Waals surface area contributed by atoms with Gasteiger partial charge >= 0.3 is 5.97 Å². The fourth-order valence-electron chi connectivity index (χ4n) is 13.7. The van der Waals surface area contributed by atoms with Gasteiger partial charge < -0.3 is 42.6 Å². The SMILES string of the molecule is C.C.C.C.C.C.C.C.C.C.C.C.C.C.C.C.CCC(C)(C#N)c1ccc(OCCOC)cc1.CCC(C)c1ccc(OC(C)=O)cc1.CCC(C)c1ccc(OC)cc1.CCC(C)c1ccc(OCOC2CCCCC2)cc1.CCC(C)c1ccc(OCOc2ccccc2)cc1.CCCCCCCCc1ccc(C(C)(C)CC)cc1.CCCCc1ccc(C(C)(C)CC)cc1.CCOc1ccc(C(C)(F)CC)cc1. The number of nitrogens with zero attached hydrogens (tertiary/aromatic N) is 1. The fourth-order valence-corrected chi connectivity index (χ4v) is 13.7. The third-order valence-electron chi connectivity index (χ3n) is 25.3. The lowest BCUT2D eigenvalue weighted by atomic mass is 9.82. The van der Waals surface area contributed by atoms with E-state index in [0.717, 1.165) is 59.3 Å². The minimum Gasteiger partial charge on any atom is -0.497 e. The van der Waals surface area contributed by atoms with Crippen LogP contribution in [-0.4, -0.2) is 59.7 Å². The number of unbranched alkanes of at least 4 members (excludes halogenated alkanes) is 6. The molecule has 1 fully saturated rings. The van der Waals surface area contributed by atoms with Gasteiger partial charge in [0.15, 0.2) is 6.79 Å².